The number of unbranched alkanes of at least 4 members (excludes halogenated alkanes) is 1. The molecule has 0 radical (unpaired) electrons. The average Bonchev–Trinajstić information content (AvgIpc) is 3.42. The maximum atomic E-state index is 13.3. The molecule has 202 valence electrons. The number of aromatic nitrogens is 3. The van der Waals surface area contributed by atoms with Crippen LogP contribution in [0.2, 0.25) is 0 Å². The van der Waals surface area contributed by atoms with Crippen LogP contribution in [0, 0.1) is 0 Å². The summed E-state index contributed by atoms with van der Waals surface area (Å²) in [5.74, 6) is 0.971. The first-order valence-electron chi connectivity index (χ1n) is 13.1. The lowest BCUT2D eigenvalue weighted by Gasteiger charge is -2.34. The van der Waals surface area contributed by atoms with E-state index in [1.807, 2.05) is 50.4 Å². The predicted octanol–water partition coefficient (Wildman–Crippen LogP) is 6.01. The predicted molar refractivity (Wildman–Crippen MR) is 151 cm³/mol. The fraction of sp³-hybridized carbons (Fsp3) is 0.464. The van der Waals surface area contributed by atoms with Crippen LogP contribution in [0.3, 0.4) is 0 Å². The molecule has 38 heavy (non-hydrogen) atoms. The molecular formula is C28H36N6O3S. The van der Waals surface area contributed by atoms with Crippen molar-refractivity contribution in [1.82, 2.24) is 19.9 Å². The summed E-state index contributed by atoms with van der Waals surface area (Å²) in [6.07, 6.45) is 5.63. The number of nitrogens with one attached hydrogen (secondary N) is 2. The molecule has 2 aromatic heterocycles. The van der Waals surface area contributed by atoms with Crippen LogP contribution in [0.4, 0.5) is 16.3 Å². The molecule has 0 spiro atoms. The summed E-state index contributed by atoms with van der Waals surface area (Å²) in [5, 5.41) is 9.25. The minimum atomic E-state index is -0.514. The molecule has 0 saturated carbocycles. The third-order valence-corrected chi connectivity index (χ3v) is 6.90. The number of hydrogen-bond donors (Lipinski definition) is 2. The van der Waals surface area contributed by atoms with E-state index >= 15 is 0 Å². The Morgan fingerprint density at radius 2 is 1.92 bits per heavy atom. The van der Waals surface area contributed by atoms with Gasteiger partial charge in [-0.05, 0) is 52.2 Å². The Hall–Kier alpha value is -3.53. The Morgan fingerprint density at radius 3 is 2.61 bits per heavy atom. The van der Waals surface area contributed by atoms with Gasteiger partial charge >= 0.3 is 6.09 Å². The van der Waals surface area contributed by atoms with Crippen LogP contribution in [0.1, 0.15) is 69.7 Å². The van der Waals surface area contributed by atoms with E-state index in [0.29, 0.717) is 42.5 Å². The van der Waals surface area contributed by atoms with Crippen molar-refractivity contribution in [1.29, 1.82) is 0 Å². The molecule has 0 atom stereocenters. The van der Waals surface area contributed by atoms with Crippen molar-refractivity contribution < 1.29 is 14.3 Å². The number of likely N-dealkylation sites (tertiary alicyclic amines) is 1. The standard InChI is InChI=1S/C28H36N6O3S/c1-5-6-11-23-31-22(25(35)32-21-10-8-7-9-20(21)26-29-14-17-38-26)18-24(33-23)30-19-12-15-34(16-13-19)27(36)37-28(2,3)4/h7-10,14,17-19H,5-6,11-13,15-16H2,1-4H3,(H,32,35)(H,30,31,33). The van der Waals surface area contributed by atoms with Gasteiger partial charge in [-0.3, -0.25) is 4.79 Å². The molecule has 1 aliphatic rings. The smallest absolute Gasteiger partial charge is 0.410 e. The van der Waals surface area contributed by atoms with Gasteiger partial charge in [-0.1, -0.05) is 25.5 Å². The summed E-state index contributed by atoms with van der Waals surface area (Å²) in [6.45, 7) is 8.92. The topological polar surface area (TPSA) is 109 Å². The van der Waals surface area contributed by atoms with Crippen LogP contribution in [-0.4, -0.2) is 56.6 Å². The van der Waals surface area contributed by atoms with Gasteiger partial charge in [0.15, 0.2) is 0 Å². The van der Waals surface area contributed by atoms with Gasteiger partial charge in [0.2, 0.25) is 0 Å². The van der Waals surface area contributed by atoms with E-state index in [1.54, 1.807) is 17.2 Å². The minimum absolute atomic E-state index is 0.129. The number of benzene rings is 1. The van der Waals surface area contributed by atoms with Crippen LogP contribution >= 0.6 is 11.3 Å². The van der Waals surface area contributed by atoms with Crippen LogP contribution < -0.4 is 10.6 Å². The zero-order chi connectivity index (χ0) is 27.1. The lowest BCUT2D eigenvalue weighted by atomic mass is 10.1. The number of amides is 2. The van der Waals surface area contributed by atoms with Gasteiger partial charge in [-0.2, -0.15) is 0 Å². The maximum absolute atomic E-state index is 13.3. The minimum Gasteiger partial charge on any atom is -0.444 e. The van der Waals surface area contributed by atoms with Gasteiger partial charge in [0, 0.05) is 48.8 Å². The molecular weight excluding hydrogens is 500 g/mol. The Balaban J connectivity index is 1.47. The van der Waals surface area contributed by atoms with Gasteiger partial charge < -0.3 is 20.3 Å². The number of aryl methyl sites for hydroxylation is 1. The zero-order valence-corrected chi connectivity index (χ0v) is 23.3. The van der Waals surface area contributed by atoms with E-state index in [-0.39, 0.29) is 18.0 Å². The Bertz CT molecular complexity index is 1230. The van der Waals surface area contributed by atoms with Crippen molar-refractivity contribution in [3.63, 3.8) is 0 Å². The highest BCUT2D eigenvalue weighted by atomic mass is 32.1. The molecule has 0 bridgehead atoms. The quantitative estimate of drug-likeness (QED) is 0.363. The van der Waals surface area contributed by atoms with Gasteiger partial charge in [-0.25, -0.2) is 19.7 Å². The first kappa shape index (κ1) is 27.5. The Kier molecular flexibility index (Phi) is 8.93. The molecule has 4 rings (SSSR count). The number of piperidine rings is 1. The first-order chi connectivity index (χ1) is 18.2. The summed E-state index contributed by atoms with van der Waals surface area (Å²) >= 11 is 1.52. The van der Waals surface area contributed by atoms with E-state index < -0.39 is 5.60 Å². The van der Waals surface area contributed by atoms with E-state index in [4.69, 9.17) is 9.72 Å². The number of carbonyl (C=O) groups is 2. The van der Waals surface area contributed by atoms with Crippen LogP contribution in [0.5, 0.6) is 0 Å². The zero-order valence-electron chi connectivity index (χ0n) is 22.5. The Labute approximate surface area is 228 Å². The second-order valence-corrected chi connectivity index (χ2v) is 11.3. The monoisotopic (exact) mass is 536 g/mol. The summed E-state index contributed by atoms with van der Waals surface area (Å²) in [4.78, 5) is 41.1. The van der Waals surface area contributed by atoms with Crippen molar-refractivity contribution in [2.75, 3.05) is 23.7 Å². The Morgan fingerprint density at radius 1 is 1.16 bits per heavy atom. The summed E-state index contributed by atoms with van der Waals surface area (Å²) in [7, 11) is 0. The lowest BCUT2D eigenvalue weighted by Crippen LogP contribution is -2.44. The summed E-state index contributed by atoms with van der Waals surface area (Å²) < 4.78 is 5.51. The lowest BCUT2D eigenvalue weighted by molar-refractivity contribution is 0.0210. The molecule has 0 unspecified atom stereocenters. The fourth-order valence-electron chi connectivity index (χ4n) is 4.20. The molecule has 1 fully saturated rings. The number of para-hydroxylation sites is 1. The normalized spacial score (nSPS) is 14.3. The number of rotatable bonds is 8. The molecule has 3 aromatic rings. The molecule has 0 aliphatic carbocycles. The number of thiazole rings is 1. The van der Waals surface area contributed by atoms with Gasteiger partial charge in [0.25, 0.3) is 5.91 Å². The maximum Gasteiger partial charge on any atom is 0.410 e. The highest BCUT2D eigenvalue weighted by Gasteiger charge is 2.27. The van der Waals surface area contributed by atoms with Crippen molar-refractivity contribution in [3.8, 4) is 10.6 Å². The SMILES string of the molecule is CCCCc1nc(NC2CCN(C(=O)OC(C)(C)C)CC2)cc(C(=O)Nc2ccccc2-c2nccs2)n1. The van der Waals surface area contributed by atoms with Crippen LogP contribution in [0.25, 0.3) is 10.6 Å². The summed E-state index contributed by atoms with van der Waals surface area (Å²) in [6, 6.07) is 9.45. The van der Waals surface area contributed by atoms with Crippen molar-refractivity contribution in [3.05, 3.63) is 53.4 Å². The number of carbonyl (C=O) groups excluding carboxylic acids is 2. The third-order valence-electron chi connectivity index (χ3n) is 6.10. The average molecular weight is 537 g/mol. The van der Waals surface area contributed by atoms with Crippen molar-refractivity contribution >= 4 is 34.8 Å². The van der Waals surface area contributed by atoms with Gasteiger partial charge in [0.1, 0.15) is 27.9 Å². The van der Waals surface area contributed by atoms with Crippen LogP contribution in [-0.2, 0) is 11.2 Å². The molecule has 2 amide bonds. The molecule has 3 heterocycles. The second kappa shape index (κ2) is 12.3. The second-order valence-electron chi connectivity index (χ2n) is 10.4. The molecule has 1 aliphatic heterocycles. The first-order valence-corrected chi connectivity index (χ1v) is 14.0. The van der Waals surface area contributed by atoms with E-state index in [0.717, 1.165) is 36.3 Å². The number of hydrogen-bond acceptors (Lipinski definition) is 8. The van der Waals surface area contributed by atoms with Crippen molar-refractivity contribution in [2.24, 2.45) is 0 Å². The number of ether oxygens (including phenoxy) is 1. The fourth-order valence-corrected chi connectivity index (χ4v) is 4.87. The summed E-state index contributed by atoms with van der Waals surface area (Å²) in [5.41, 5.74) is 1.35. The van der Waals surface area contributed by atoms with E-state index in [9.17, 15) is 9.59 Å². The largest absolute Gasteiger partial charge is 0.444 e. The molecule has 2 N–H and O–H groups in total. The van der Waals surface area contributed by atoms with Gasteiger partial charge in [0.05, 0.1) is 5.69 Å². The number of anilines is 2. The molecule has 9 nitrogen and oxygen atoms in total. The molecule has 1 saturated heterocycles. The third kappa shape index (κ3) is 7.50. The highest BCUT2D eigenvalue weighted by Crippen LogP contribution is 2.29. The van der Waals surface area contributed by atoms with E-state index in [1.165, 1.54) is 11.3 Å². The van der Waals surface area contributed by atoms with E-state index in [2.05, 4.69) is 27.5 Å². The van der Waals surface area contributed by atoms with Crippen LogP contribution in [0.15, 0.2) is 41.9 Å². The molecule has 1 aromatic carbocycles. The molecule has 10 heteroatoms. The highest BCUT2D eigenvalue weighted by molar-refractivity contribution is 7.13. The van der Waals surface area contributed by atoms with Gasteiger partial charge in [-0.15, -0.1) is 11.3 Å². The number of nitrogens with zero attached hydrogens (tertiary/aromatic N) is 4. The van der Waals surface area contributed by atoms with Crippen molar-refractivity contribution in [2.45, 2.75) is 71.4 Å².